The van der Waals surface area contributed by atoms with Gasteiger partial charge in [-0.05, 0) is 25.5 Å². The predicted octanol–water partition coefficient (Wildman–Crippen LogP) is 2.12. The quantitative estimate of drug-likeness (QED) is 0.790. The molecule has 1 atom stereocenters. The predicted molar refractivity (Wildman–Crippen MR) is 101 cm³/mol. The zero-order valence-electron chi connectivity index (χ0n) is 15.1. The first-order valence-corrected chi connectivity index (χ1v) is 9.11. The van der Waals surface area contributed by atoms with E-state index >= 15 is 0 Å². The van der Waals surface area contributed by atoms with E-state index in [1.54, 1.807) is 12.3 Å². The Kier molecular flexibility index (Phi) is 6.35. The molecule has 0 amide bonds. The summed E-state index contributed by atoms with van der Waals surface area (Å²) in [6.07, 6.45) is 2.39. The Bertz CT molecular complexity index is 714. The first-order valence-electron chi connectivity index (χ1n) is 9.11. The Morgan fingerprint density at radius 3 is 2.88 bits per heavy atom. The summed E-state index contributed by atoms with van der Waals surface area (Å²) in [5.74, 6) is 1.32. The molecule has 0 bridgehead atoms. The molecule has 26 heavy (non-hydrogen) atoms. The second-order valence-corrected chi connectivity index (χ2v) is 6.45. The maximum atomic E-state index is 14.0. The minimum absolute atomic E-state index is 0.102. The van der Waals surface area contributed by atoms with Crippen molar-refractivity contribution in [2.75, 3.05) is 43.0 Å². The number of anilines is 2. The number of hydrogen-bond donors (Lipinski definition) is 2. The second-order valence-electron chi connectivity index (χ2n) is 6.45. The normalized spacial score (nSPS) is 18.1. The van der Waals surface area contributed by atoms with Crippen molar-refractivity contribution >= 4 is 11.8 Å². The smallest absolute Gasteiger partial charge is 0.227 e. The van der Waals surface area contributed by atoms with Crippen LogP contribution in [0.5, 0.6) is 0 Å². The van der Waals surface area contributed by atoms with Crippen LogP contribution in [-0.2, 0) is 6.54 Å². The van der Waals surface area contributed by atoms with Crippen LogP contribution in [0, 0.1) is 5.82 Å². The van der Waals surface area contributed by atoms with Crippen LogP contribution in [0.1, 0.15) is 18.9 Å². The van der Waals surface area contributed by atoms with E-state index < -0.39 is 0 Å². The monoisotopic (exact) mass is 359 g/mol. The van der Waals surface area contributed by atoms with Crippen LogP contribution >= 0.6 is 0 Å². The van der Waals surface area contributed by atoms with Gasteiger partial charge < -0.3 is 15.3 Å². The highest BCUT2D eigenvalue weighted by molar-refractivity contribution is 5.41. The fourth-order valence-corrected chi connectivity index (χ4v) is 3.33. The Labute approximate surface area is 153 Å². The lowest BCUT2D eigenvalue weighted by Gasteiger charge is -2.41. The maximum Gasteiger partial charge on any atom is 0.227 e. The molecule has 2 aromatic rings. The van der Waals surface area contributed by atoms with Gasteiger partial charge in [-0.1, -0.05) is 18.2 Å². The molecule has 2 heterocycles. The molecule has 7 heteroatoms. The fourth-order valence-electron chi connectivity index (χ4n) is 3.33. The van der Waals surface area contributed by atoms with Crippen LogP contribution in [0.25, 0.3) is 0 Å². The number of benzene rings is 1. The van der Waals surface area contributed by atoms with Crippen molar-refractivity contribution in [2.45, 2.75) is 25.9 Å². The minimum Gasteiger partial charge on any atom is -0.396 e. The molecule has 140 valence electrons. The molecular formula is C19H26FN5O. The van der Waals surface area contributed by atoms with E-state index in [-0.39, 0.29) is 18.5 Å². The molecule has 0 spiro atoms. The zero-order valence-corrected chi connectivity index (χ0v) is 15.1. The highest BCUT2D eigenvalue weighted by atomic mass is 19.1. The van der Waals surface area contributed by atoms with Crippen molar-refractivity contribution in [1.29, 1.82) is 0 Å². The molecule has 1 aromatic carbocycles. The number of aliphatic hydroxyl groups is 1. The third kappa shape index (κ3) is 4.47. The molecule has 3 rings (SSSR count). The van der Waals surface area contributed by atoms with Gasteiger partial charge in [0.15, 0.2) is 0 Å². The van der Waals surface area contributed by atoms with E-state index in [0.29, 0.717) is 31.0 Å². The van der Waals surface area contributed by atoms with Gasteiger partial charge in [-0.25, -0.2) is 9.37 Å². The molecule has 1 aromatic heterocycles. The Morgan fingerprint density at radius 1 is 1.27 bits per heavy atom. The van der Waals surface area contributed by atoms with Crippen molar-refractivity contribution in [1.82, 2.24) is 14.9 Å². The Morgan fingerprint density at radius 2 is 2.12 bits per heavy atom. The van der Waals surface area contributed by atoms with Crippen molar-refractivity contribution in [3.8, 4) is 0 Å². The number of piperazine rings is 1. The summed E-state index contributed by atoms with van der Waals surface area (Å²) < 4.78 is 14.0. The van der Waals surface area contributed by atoms with E-state index in [1.807, 2.05) is 25.1 Å². The standard InChI is InChI=1S/C19H26FN5O/c1-2-21-18-7-9-22-19(23-18)25-11-10-24(16(14-25)8-12-26)13-15-5-3-4-6-17(15)20/h3-7,9,16,26H,2,8,10-14H2,1H3,(H,21,22,23). The van der Waals surface area contributed by atoms with Crippen molar-refractivity contribution in [2.24, 2.45) is 0 Å². The lowest BCUT2D eigenvalue weighted by atomic mass is 10.1. The Hall–Kier alpha value is -2.25. The van der Waals surface area contributed by atoms with Gasteiger partial charge in [0.05, 0.1) is 0 Å². The van der Waals surface area contributed by atoms with Gasteiger partial charge in [0.25, 0.3) is 0 Å². The van der Waals surface area contributed by atoms with Crippen molar-refractivity contribution in [3.63, 3.8) is 0 Å². The third-order valence-electron chi connectivity index (χ3n) is 4.68. The lowest BCUT2D eigenvalue weighted by molar-refractivity contribution is 0.133. The van der Waals surface area contributed by atoms with Crippen LogP contribution in [0.15, 0.2) is 36.5 Å². The molecule has 6 nitrogen and oxygen atoms in total. The van der Waals surface area contributed by atoms with Crippen molar-refractivity contribution in [3.05, 3.63) is 47.9 Å². The van der Waals surface area contributed by atoms with Gasteiger partial charge in [-0.15, -0.1) is 0 Å². The molecule has 1 fully saturated rings. The first kappa shape index (κ1) is 18.5. The number of aromatic nitrogens is 2. The van der Waals surface area contributed by atoms with Gasteiger partial charge in [0.2, 0.25) is 5.95 Å². The fraction of sp³-hybridized carbons (Fsp3) is 0.474. The minimum atomic E-state index is -0.181. The molecule has 0 saturated carbocycles. The second kappa shape index (κ2) is 8.91. The summed E-state index contributed by atoms with van der Waals surface area (Å²) >= 11 is 0. The number of nitrogens with zero attached hydrogens (tertiary/aromatic N) is 4. The first-order chi connectivity index (χ1) is 12.7. The molecule has 0 aliphatic carbocycles. The Balaban J connectivity index is 1.71. The van der Waals surface area contributed by atoms with Crippen LogP contribution in [0.4, 0.5) is 16.2 Å². The molecule has 1 aliphatic heterocycles. The molecule has 1 aliphatic rings. The highest BCUT2D eigenvalue weighted by Gasteiger charge is 2.28. The summed E-state index contributed by atoms with van der Waals surface area (Å²) in [5.41, 5.74) is 0.689. The van der Waals surface area contributed by atoms with Gasteiger partial charge in [0.1, 0.15) is 11.6 Å². The number of aliphatic hydroxyl groups excluding tert-OH is 1. The maximum absolute atomic E-state index is 14.0. The summed E-state index contributed by atoms with van der Waals surface area (Å²) in [6, 6.07) is 8.85. The number of rotatable bonds is 7. The van der Waals surface area contributed by atoms with E-state index in [4.69, 9.17) is 0 Å². The topological polar surface area (TPSA) is 64.5 Å². The SMILES string of the molecule is CCNc1ccnc(N2CCN(Cc3ccccc3F)C(CCO)C2)n1. The molecule has 1 unspecified atom stereocenters. The summed E-state index contributed by atoms with van der Waals surface area (Å²) in [5, 5.41) is 12.7. The van der Waals surface area contributed by atoms with Gasteiger partial charge >= 0.3 is 0 Å². The van der Waals surface area contributed by atoms with Gasteiger partial charge in [-0.3, -0.25) is 4.90 Å². The summed E-state index contributed by atoms with van der Waals surface area (Å²) in [6.45, 7) is 5.74. The van der Waals surface area contributed by atoms with E-state index in [9.17, 15) is 9.50 Å². The largest absolute Gasteiger partial charge is 0.396 e. The number of hydrogen-bond acceptors (Lipinski definition) is 6. The number of nitrogens with one attached hydrogen (secondary N) is 1. The van der Waals surface area contributed by atoms with E-state index in [1.165, 1.54) is 6.07 Å². The van der Waals surface area contributed by atoms with Crippen LogP contribution in [0.3, 0.4) is 0 Å². The van der Waals surface area contributed by atoms with E-state index in [2.05, 4.69) is 25.1 Å². The highest BCUT2D eigenvalue weighted by Crippen LogP contribution is 2.21. The molecular weight excluding hydrogens is 333 g/mol. The molecule has 1 saturated heterocycles. The zero-order chi connectivity index (χ0) is 18.4. The third-order valence-corrected chi connectivity index (χ3v) is 4.68. The molecule has 2 N–H and O–H groups in total. The van der Waals surface area contributed by atoms with Crippen molar-refractivity contribution < 1.29 is 9.50 Å². The summed E-state index contributed by atoms with van der Waals surface area (Å²) in [7, 11) is 0. The molecule has 0 radical (unpaired) electrons. The van der Waals surface area contributed by atoms with Gasteiger partial charge in [0, 0.05) is 57.1 Å². The summed E-state index contributed by atoms with van der Waals surface area (Å²) in [4.78, 5) is 13.3. The average molecular weight is 359 g/mol. The van der Waals surface area contributed by atoms with Crippen LogP contribution < -0.4 is 10.2 Å². The lowest BCUT2D eigenvalue weighted by Crippen LogP contribution is -2.53. The van der Waals surface area contributed by atoms with Crippen LogP contribution in [-0.4, -0.2) is 58.8 Å². The van der Waals surface area contributed by atoms with Crippen LogP contribution in [0.2, 0.25) is 0 Å². The average Bonchev–Trinajstić information content (AvgIpc) is 2.65. The number of halogens is 1. The van der Waals surface area contributed by atoms with E-state index in [0.717, 1.165) is 25.5 Å². The van der Waals surface area contributed by atoms with Gasteiger partial charge in [-0.2, -0.15) is 4.98 Å².